The van der Waals surface area contributed by atoms with Crippen molar-refractivity contribution in [3.05, 3.63) is 58.0 Å². The summed E-state index contributed by atoms with van der Waals surface area (Å²) in [5, 5.41) is 10.4. The number of aliphatic hydroxyl groups is 1. The molecule has 1 aromatic carbocycles. The molecule has 1 fully saturated rings. The van der Waals surface area contributed by atoms with E-state index < -0.39 is 30.5 Å². The van der Waals surface area contributed by atoms with Gasteiger partial charge in [0.15, 0.2) is 12.3 Å². The van der Waals surface area contributed by atoms with Gasteiger partial charge in [-0.1, -0.05) is 18.2 Å². The van der Waals surface area contributed by atoms with E-state index in [0.717, 1.165) is 0 Å². The van der Waals surface area contributed by atoms with Crippen molar-refractivity contribution in [2.24, 2.45) is 0 Å². The SMILES string of the molecule is Cc1cn2c(nc1=O)O[C@@H]1[C@H](O)[C@H](COC(=O)c3ccccc3)O[C@H]12. The number of esters is 1. The number of hydrogen-bond donors (Lipinski definition) is 1. The molecule has 0 bridgehead atoms. The summed E-state index contributed by atoms with van der Waals surface area (Å²) in [7, 11) is 0. The van der Waals surface area contributed by atoms with Crippen molar-refractivity contribution in [1.29, 1.82) is 0 Å². The van der Waals surface area contributed by atoms with Crippen molar-refractivity contribution in [3.63, 3.8) is 0 Å². The van der Waals surface area contributed by atoms with Gasteiger partial charge in [-0.2, -0.15) is 4.98 Å². The number of aryl methyl sites for hydroxylation is 1. The molecular formula is C17H16N2O6. The summed E-state index contributed by atoms with van der Waals surface area (Å²) in [6.45, 7) is 1.54. The molecule has 0 aliphatic carbocycles. The summed E-state index contributed by atoms with van der Waals surface area (Å²) in [6, 6.07) is 8.69. The fourth-order valence-electron chi connectivity index (χ4n) is 2.97. The van der Waals surface area contributed by atoms with Crippen LogP contribution in [0.25, 0.3) is 0 Å². The largest absolute Gasteiger partial charge is 0.459 e. The Kier molecular flexibility index (Phi) is 3.78. The molecule has 0 radical (unpaired) electrons. The Bertz CT molecular complexity index is 865. The molecule has 8 nitrogen and oxygen atoms in total. The van der Waals surface area contributed by atoms with E-state index in [-0.39, 0.29) is 18.2 Å². The molecule has 130 valence electrons. The predicted molar refractivity (Wildman–Crippen MR) is 84.3 cm³/mol. The Hall–Kier alpha value is -2.71. The number of benzene rings is 1. The molecule has 1 saturated heterocycles. The second-order valence-electron chi connectivity index (χ2n) is 6.02. The van der Waals surface area contributed by atoms with Crippen LogP contribution in [0, 0.1) is 6.92 Å². The fourth-order valence-corrected chi connectivity index (χ4v) is 2.97. The number of hydrogen-bond acceptors (Lipinski definition) is 7. The number of aliphatic hydroxyl groups excluding tert-OH is 1. The minimum atomic E-state index is -1.01. The van der Waals surface area contributed by atoms with Crippen LogP contribution in [0.15, 0.2) is 41.3 Å². The summed E-state index contributed by atoms with van der Waals surface area (Å²) < 4.78 is 18.1. The highest BCUT2D eigenvalue weighted by atomic mass is 16.6. The molecule has 0 spiro atoms. The van der Waals surface area contributed by atoms with E-state index in [0.29, 0.717) is 11.1 Å². The average Bonchev–Trinajstić information content (AvgIpc) is 3.11. The molecule has 0 unspecified atom stereocenters. The number of carbonyl (C=O) groups is 1. The van der Waals surface area contributed by atoms with Gasteiger partial charge in [0.1, 0.15) is 18.8 Å². The van der Waals surface area contributed by atoms with E-state index in [1.807, 2.05) is 0 Å². The molecule has 25 heavy (non-hydrogen) atoms. The van der Waals surface area contributed by atoms with Crippen LogP contribution in [-0.4, -0.2) is 45.5 Å². The van der Waals surface area contributed by atoms with Gasteiger partial charge in [-0.3, -0.25) is 9.36 Å². The Labute approximate surface area is 142 Å². The summed E-state index contributed by atoms with van der Waals surface area (Å²) in [6.07, 6.45) is -1.46. The van der Waals surface area contributed by atoms with Crippen LogP contribution in [0.4, 0.5) is 0 Å². The third-order valence-corrected chi connectivity index (χ3v) is 4.30. The van der Waals surface area contributed by atoms with Crippen molar-refractivity contribution in [2.75, 3.05) is 6.61 Å². The Morgan fingerprint density at radius 1 is 1.36 bits per heavy atom. The molecule has 2 aliphatic heterocycles. The topological polar surface area (TPSA) is 99.9 Å². The van der Waals surface area contributed by atoms with Gasteiger partial charge in [0.05, 0.1) is 5.56 Å². The predicted octanol–water partition coefficient (Wildman–Crippen LogP) is 0.428. The lowest BCUT2D eigenvalue weighted by Gasteiger charge is -2.17. The highest BCUT2D eigenvalue weighted by Crippen LogP contribution is 2.39. The van der Waals surface area contributed by atoms with Gasteiger partial charge in [0.25, 0.3) is 5.56 Å². The zero-order valence-electron chi connectivity index (χ0n) is 13.4. The Balaban J connectivity index is 1.45. The maximum absolute atomic E-state index is 12.0. The fraction of sp³-hybridized carbons (Fsp3) is 0.353. The molecule has 2 aromatic rings. The molecule has 8 heteroatoms. The molecule has 1 N–H and O–H groups in total. The second-order valence-corrected chi connectivity index (χ2v) is 6.02. The van der Waals surface area contributed by atoms with Gasteiger partial charge in [-0.15, -0.1) is 0 Å². The van der Waals surface area contributed by atoms with Crippen molar-refractivity contribution in [2.45, 2.75) is 31.5 Å². The van der Waals surface area contributed by atoms with E-state index in [2.05, 4.69) is 4.98 Å². The summed E-state index contributed by atoms with van der Waals surface area (Å²) in [5.41, 5.74) is 0.494. The third-order valence-electron chi connectivity index (χ3n) is 4.30. The number of carbonyl (C=O) groups excluding carboxylic acids is 1. The Morgan fingerprint density at radius 2 is 2.12 bits per heavy atom. The highest BCUT2D eigenvalue weighted by molar-refractivity contribution is 5.89. The van der Waals surface area contributed by atoms with E-state index in [1.165, 1.54) is 0 Å². The molecule has 2 aliphatic rings. The number of aromatic nitrogens is 2. The van der Waals surface area contributed by atoms with Crippen LogP contribution in [0.3, 0.4) is 0 Å². The minimum Gasteiger partial charge on any atom is -0.459 e. The molecule has 4 rings (SSSR count). The zero-order chi connectivity index (χ0) is 17.6. The molecular weight excluding hydrogens is 328 g/mol. The number of fused-ring (bicyclic) bond motifs is 3. The van der Waals surface area contributed by atoms with Crippen LogP contribution in [-0.2, 0) is 9.47 Å². The van der Waals surface area contributed by atoms with Crippen molar-refractivity contribution in [1.82, 2.24) is 9.55 Å². The number of nitrogens with zero attached hydrogens (tertiary/aromatic N) is 2. The van der Waals surface area contributed by atoms with E-state index in [9.17, 15) is 14.7 Å². The second kappa shape index (κ2) is 5.98. The quantitative estimate of drug-likeness (QED) is 0.806. The normalized spacial score (nSPS) is 26.6. The van der Waals surface area contributed by atoms with Crippen molar-refractivity contribution >= 4 is 5.97 Å². The first-order chi connectivity index (χ1) is 12.0. The smallest absolute Gasteiger partial charge is 0.338 e. The van der Waals surface area contributed by atoms with Gasteiger partial charge in [0, 0.05) is 11.8 Å². The van der Waals surface area contributed by atoms with E-state index in [4.69, 9.17) is 14.2 Å². The highest BCUT2D eigenvalue weighted by Gasteiger charge is 2.51. The molecule has 1 aromatic heterocycles. The monoisotopic (exact) mass is 344 g/mol. The maximum Gasteiger partial charge on any atom is 0.338 e. The Morgan fingerprint density at radius 3 is 2.88 bits per heavy atom. The average molecular weight is 344 g/mol. The van der Waals surface area contributed by atoms with Crippen molar-refractivity contribution < 1.29 is 24.1 Å². The third kappa shape index (κ3) is 2.69. The van der Waals surface area contributed by atoms with Gasteiger partial charge in [-0.25, -0.2) is 4.79 Å². The number of ether oxygens (including phenoxy) is 3. The molecule has 3 heterocycles. The lowest BCUT2D eigenvalue weighted by molar-refractivity contribution is -0.0512. The standard InChI is InChI=1S/C17H16N2O6/c1-9-7-19-15-13(25-17(19)18-14(9)21)12(20)11(24-15)8-23-16(22)10-5-3-2-4-6-10/h2-7,11-13,15,20H,8H2,1H3/t11-,12+,13+,15+/m0/s1. The zero-order valence-corrected chi connectivity index (χ0v) is 13.4. The van der Waals surface area contributed by atoms with Crippen LogP contribution < -0.4 is 10.3 Å². The van der Waals surface area contributed by atoms with Crippen LogP contribution in [0.2, 0.25) is 0 Å². The summed E-state index contributed by atoms with van der Waals surface area (Å²) in [4.78, 5) is 27.4. The van der Waals surface area contributed by atoms with E-state index >= 15 is 0 Å². The first-order valence-corrected chi connectivity index (χ1v) is 7.87. The van der Waals surface area contributed by atoms with Crippen LogP contribution >= 0.6 is 0 Å². The van der Waals surface area contributed by atoms with Gasteiger partial charge in [-0.05, 0) is 19.1 Å². The first kappa shape index (κ1) is 15.8. The van der Waals surface area contributed by atoms with Crippen LogP contribution in [0.5, 0.6) is 6.01 Å². The maximum atomic E-state index is 12.0. The molecule has 0 amide bonds. The lowest BCUT2D eigenvalue weighted by atomic mass is 10.1. The summed E-state index contributed by atoms with van der Waals surface area (Å²) in [5.74, 6) is -0.490. The van der Waals surface area contributed by atoms with Gasteiger partial charge < -0.3 is 19.3 Å². The van der Waals surface area contributed by atoms with Gasteiger partial charge >= 0.3 is 12.0 Å². The summed E-state index contributed by atoms with van der Waals surface area (Å²) >= 11 is 0. The minimum absolute atomic E-state index is 0.104. The van der Waals surface area contributed by atoms with Gasteiger partial charge in [0.2, 0.25) is 0 Å². The number of rotatable bonds is 3. The van der Waals surface area contributed by atoms with E-state index in [1.54, 1.807) is 48.0 Å². The molecule has 0 saturated carbocycles. The van der Waals surface area contributed by atoms with Crippen molar-refractivity contribution in [3.8, 4) is 6.01 Å². The first-order valence-electron chi connectivity index (χ1n) is 7.87. The van der Waals surface area contributed by atoms with Crippen LogP contribution in [0.1, 0.15) is 22.1 Å². The lowest BCUT2D eigenvalue weighted by Crippen LogP contribution is -2.36. The molecule has 4 atom stereocenters.